The average Bonchev–Trinajstić information content (AvgIpc) is 3.20. The second kappa shape index (κ2) is 10.2. The number of rotatable bonds is 7. The van der Waals surface area contributed by atoms with Crippen LogP contribution in [0.4, 0.5) is 0 Å². The van der Waals surface area contributed by atoms with Crippen LogP contribution in [0.15, 0.2) is 52.1 Å². The van der Waals surface area contributed by atoms with Crippen molar-refractivity contribution in [3.63, 3.8) is 0 Å². The van der Waals surface area contributed by atoms with Gasteiger partial charge >= 0.3 is 0 Å². The van der Waals surface area contributed by atoms with Gasteiger partial charge in [-0.05, 0) is 44.4 Å². The van der Waals surface area contributed by atoms with Gasteiger partial charge in [0, 0.05) is 38.6 Å². The molecule has 5 heteroatoms. The lowest BCUT2D eigenvalue weighted by atomic mass is 9.89. The topological polar surface area (TPSA) is 58.8 Å². The summed E-state index contributed by atoms with van der Waals surface area (Å²) < 4.78 is 11.5. The maximum absolute atomic E-state index is 6.12. The Labute approximate surface area is 162 Å². The van der Waals surface area contributed by atoms with Crippen LogP contribution in [-0.2, 0) is 11.2 Å². The Hall–Kier alpha value is -2.27. The van der Waals surface area contributed by atoms with E-state index < -0.39 is 0 Å². The van der Waals surface area contributed by atoms with Crippen molar-refractivity contribution in [2.75, 3.05) is 26.2 Å². The predicted octanol–water partition coefficient (Wildman–Crippen LogP) is 3.85. The van der Waals surface area contributed by atoms with E-state index in [1.807, 2.05) is 12.1 Å². The molecule has 0 amide bonds. The van der Waals surface area contributed by atoms with Crippen molar-refractivity contribution in [3.8, 4) is 0 Å². The lowest BCUT2D eigenvalue weighted by Gasteiger charge is -2.31. The normalized spacial score (nSPS) is 20.4. The first kappa shape index (κ1) is 19.5. The second-order valence-corrected chi connectivity index (χ2v) is 7.08. The summed E-state index contributed by atoms with van der Waals surface area (Å²) in [5.74, 6) is 2.25. The second-order valence-electron chi connectivity index (χ2n) is 7.08. The highest BCUT2D eigenvalue weighted by Gasteiger charge is 2.27. The van der Waals surface area contributed by atoms with Crippen molar-refractivity contribution in [1.29, 1.82) is 0 Å². The van der Waals surface area contributed by atoms with E-state index in [0.717, 1.165) is 57.2 Å². The van der Waals surface area contributed by atoms with E-state index in [0.29, 0.717) is 5.92 Å². The number of hydrogen-bond donors (Lipinski definition) is 2. The molecule has 2 heterocycles. The summed E-state index contributed by atoms with van der Waals surface area (Å²) in [5.41, 5.74) is 2.54. The Morgan fingerprint density at radius 2 is 2.04 bits per heavy atom. The standard InChI is InChI=1S/C22H31N3O2/c1-3-23-22(24-13-12-20-7-5-14-26-20)25-16-19-6-4-15-27-21(19)18-10-8-17(2)9-11-18/h5,7-11,14,19,21H,3-4,6,12-13,15-16H2,1-2H3,(H2,23,24,25). The minimum atomic E-state index is 0.133. The van der Waals surface area contributed by atoms with Gasteiger partial charge in [-0.2, -0.15) is 0 Å². The fourth-order valence-corrected chi connectivity index (χ4v) is 3.46. The summed E-state index contributed by atoms with van der Waals surface area (Å²) in [7, 11) is 0. The molecule has 0 spiro atoms. The lowest BCUT2D eigenvalue weighted by molar-refractivity contribution is -0.0250. The maximum Gasteiger partial charge on any atom is 0.191 e. The van der Waals surface area contributed by atoms with Crippen LogP contribution in [0.25, 0.3) is 0 Å². The van der Waals surface area contributed by atoms with Gasteiger partial charge in [0.15, 0.2) is 5.96 Å². The molecule has 2 atom stereocenters. The lowest BCUT2D eigenvalue weighted by Crippen LogP contribution is -2.39. The highest BCUT2D eigenvalue weighted by Crippen LogP contribution is 2.33. The first-order chi connectivity index (χ1) is 13.3. The molecule has 0 radical (unpaired) electrons. The summed E-state index contributed by atoms with van der Waals surface area (Å²) in [6, 6.07) is 12.6. The van der Waals surface area contributed by atoms with E-state index in [1.165, 1.54) is 11.1 Å². The van der Waals surface area contributed by atoms with E-state index in [1.54, 1.807) is 6.26 Å². The van der Waals surface area contributed by atoms with Gasteiger partial charge in [0.25, 0.3) is 0 Å². The number of guanidine groups is 1. The molecule has 2 aromatic rings. The first-order valence-electron chi connectivity index (χ1n) is 9.99. The Bertz CT molecular complexity index is 695. The maximum atomic E-state index is 6.12. The van der Waals surface area contributed by atoms with Crippen molar-refractivity contribution in [1.82, 2.24) is 10.6 Å². The monoisotopic (exact) mass is 369 g/mol. The van der Waals surface area contributed by atoms with Gasteiger partial charge in [0.2, 0.25) is 0 Å². The van der Waals surface area contributed by atoms with Crippen molar-refractivity contribution in [2.24, 2.45) is 10.9 Å². The van der Waals surface area contributed by atoms with Crippen molar-refractivity contribution in [2.45, 2.75) is 39.2 Å². The third-order valence-corrected chi connectivity index (χ3v) is 4.92. The molecule has 2 N–H and O–H groups in total. The molecular weight excluding hydrogens is 338 g/mol. The van der Waals surface area contributed by atoms with Gasteiger partial charge in [-0.1, -0.05) is 29.8 Å². The molecule has 27 heavy (non-hydrogen) atoms. The van der Waals surface area contributed by atoms with Gasteiger partial charge in [0.05, 0.1) is 12.4 Å². The van der Waals surface area contributed by atoms with Crippen LogP contribution in [0.3, 0.4) is 0 Å². The SMILES string of the molecule is CCNC(=NCC1CCCOC1c1ccc(C)cc1)NCCc1ccco1. The Morgan fingerprint density at radius 3 is 2.78 bits per heavy atom. The molecule has 0 aliphatic carbocycles. The molecule has 1 saturated heterocycles. The van der Waals surface area contributed by atoms with E-state index >= 15 is 0 Å². The van der Waals surface area contributed by atoms with E-state index in [2.05, 4.69) is 48.7 Å². The van der Waals surface area contributed by atoms with Crippen LogP contribution in [0, 0.1) is 12.8 Å². The molecule has 1 aromatic carbocycles. The number of aryl methyl sites for hydroxylation is 1. The third-order valence-electron chi connectivity index (χ3n) is 4.92. The minimum absolute atomic E-state index is 0.133. The quantitative estimate of drug-likeness (QED) is 0.575. The molecule has 1 aliphatic heterocycles. The smallest absolute Gasteiger partial charge is 0.191 e. The third kappa shape index (κ3) is 5.86. The highest BCUT2D eigenvalue weighted by atomic mass is 16.5. The number of furan rings is 1. The Kier molecular flexibility index (Phi) is 7.34. The van der Waals surface area contributed by atoms with Gasteiger partial charge < -0.3 is 19.8 Å². The largest absolute Gasteiger partial charge is 0.469 e. The zero-order valence-corrected chi connectivity index (χ0v) is 16.4. The summed E-state index contributed by atoms with van der Waals surface area (Å²) in [6.07, 6.45) is 4.94. The molecule has 0 saturated carbocycles. The summed E-state index contributed by atoms with van der Waals surface area (Å²) in [4.78, 5) is 4.83. The van der Waals surface area contributed by atoms with Gasteiger partial charge in [-0.15, -0.1) is 0 Å². The number of hydrogen-bond acceptors (Lipinski definition) is 3. The highest BCUT2D eigenvalue weighted by molar-refractivity contribution is 5.79. The molecule has 1 aliphatic rings. The van der Waals surface area contributed by atoms with Gasteiger partial charge in [-0.25, -0.2) is 0 Å². The number of ether oxygens (including phenoxy) is 1. The summed E-state index contributed by atoms with van der Waals surface area (Å²) in [6.45, 7) is 7.43. The van der Waals surface area contributed by atoms with Crippen LogP contribution in [-0.4, -0.2) is 32.2 Å². The Morgan fingerprint density at radius 1 is 1.19 bits per heavy atom. The number of benzene rings is 1. The number of nitrogens with one attached hydrogen (secondary N) is 2. The van der Waals surface area contributed by atoms with Gasteiger partial charge in [-0.3, -0.25) is 4.99 Å². The van der Waals surface area contributed by atoms with E-state index in [4.69, 9.17) is 14.1 Å². The molecular formula is C22H31N3O2. The first-order valence-corrected chi connectivity index (χ1v) is 9.99. The zero-order valence-electron chi connectivity index (χ0n) is 16.4. The minimum Gasteiger partial charge on any atom is -0.469 e. The zero-order chi connectivity index (χ0) is 18.9. The van der Waals surface area contributed by atoms with Crippen molar-refractivity contribution >= 4 is 5.96 Å². The van der Waals surface area contributed by atoms with Crippen molar-refractivity contribution in [3.05, 3.63) is 59.5 Å². The fourth-order valence-electron chi connectivity index (χ4n) is 3.46. The van der Waals surface area contributed by atoms with E-state index in [-0.39, 0.29) is 6.10 Å². The summed E-state index contributed by atoms with van der Waals surface area (Å²) in [5, 5.41) is 6.73. The Balaban J connectivity index is 1.59. The van der Waals surface area contributed by atoms with E-state index in [9.17, 15) is 0 Å². The van der Waals surface area contributed by atoms with Crippen LogP contribution < -0.4 is 10.6 Å². The molecule has 0 bridgehead atoms. The molecule has 1 aromatic heterocycles. The van der Waals surface area contributed by atoms with Gasteiger partial charge in [0.1, 0.15) is 5.76 Å². The average molecular weight is 370 g/mol. The van der Waals surface area contributed by atoms with Crippen LogP contribution in [0.2, 0.25) is 0 Å². The van der Waals surface area contributed by atoms with Crippen LogP contribution >= 0.6 is 0 Å². The van der Waals surface area contributed by atoms with Crippen LogP contribution in [0.1, 0.15) is 42.8 Å². The molecule has 1 fully saturated rings. The molecule has 3 rings (SSSR count). The molecule has 5 nitrogen and oxygen atoms in total. The molecule has 146 valence electrons. The number of aliphatic imine (C=N–C) groups is 1. The fraction of sp³-hybridized carbons (Fsp3) is 0.500. The predicted molar refractivity (Wildman–Crippen MR) is 109 cm³/mol. The summed E-state index contributed by atoms with van der Waals surface area (Å²) >= 11 is 0. The molecule has 2 unspecified atom stereocenters. The van der Waals surface area contributed by atoms with Crippen molar-refractivity contribution < 1.29 is 9.15 Å². The number of nitrogens with zero attached hydrogens (tertiary/aromatic N) is 1. The van der Waals surface area contributed by atoms with Crippen LogP contribution in [0.5, 0.6) is 0 Å².